The minimum atomic E-state index is -0.983. The van der Waals surface area contributed by atoms with Gasteiger partial charge in [0.1, 0.15) is 0 Å². The lowest BCUT2D eigenvalue weighted by atomic mass is 9.84. The number of H-pyrrole nitrogens is 1. The second kappa shape index (κ2) is 4.51. The van der Waals surface area contributed by atoms with Crippen LogP contribution in [0.2, 0.25) is 0 Å². The van der Waals surface area contributed by atoms with E-state index in [4.69, 9.17) is 11.5 Å². The summed E-state index contributed by atoms with van der Waals surface area (Å²) in [5.41, 5.74) is 11.5. The Bertz CT molecular complexity index is 653. The van der Waals surface area contributed by atoms with E-state index in [9.17, 15) is 15.0 Å². The zero-order valence-electron chi connectivity index (χ0n) is 10.5. The number of anilines is 1. The van der Waals surface area contributed by atoms with Crippen LogP contribution in [0.3, 0.4) is 0 Å². The monoisotopic (exact) mass is 277 g/mol. The lowest BCUT2D eigenvalue weighted by molar-refractivity contribution is 0.0267. The first kappa shape index (κ1) is 13.0. The maximum Gasteiger partial charge on any atom is 0.258 e. The van der Waals surface area contributed by atoms with E-state index in [2.05, 4.69) is 15.0 Å². The van der Waals surface area contributed by atoms with Gasteiger partial charge in [-0.3, -0.25) is 9.78 Å². The van der Waals surface area contributed by atoms with Gasteiger partial charge >= 0.3 is 0 Å². The fraction of sp³-hybridized carbons (Fsp3) is 0.417. The maximum atomic E-state index is 12.0. The quantitative estimate of drug-likeness (QED) is 0.410. The van der Waals surface area contributed by atoms with Crippen LogP contribution >= 0.6 is 0 Å². The number of fused-ring (bicyclic) bond motifs is 1. The minimum Gasteiger partial charge on any atom is -0.389 e. The Balaban J connectivity index is 1.94. The normalized spacial score (nSPS) is 32.5. The van der Waals surface area contributed by atoms with Crippen molar-refractivity contribution in [3.8, 4) is 0 Å². The fourth-order valence-corrected chi connectivity index (χ4v) is 2.70. The zero-order chi connectivity index (χ0) is 14.4. The Labute approximate surface area is 113 Å². The molecule has 5 unspecified atom stereocenters. The molecule has 20 heavy (non-hydrogen) atoms. The predicted octanol–water partition coefficient (Wildman–Crippen LogP) is -1.61. The Morgan fingerprint density at radius 1 is 1.35 bits per heavy atom. The van der Waals surface area contributed by atoms with Crippen molar-refractivity contribution in [1.82, 2.24) is 9.97 Å². The molecule has 106 valence electrons. The number of nitrogens with zero attached hydrogens (tertiary/aromatic N) is 2. The third kappa shape index (κ3) is 1.85. The molecule has 8 nitrogen and oxygen atoms in total. The molecular formula is C12H15N5O3. The van der Waals surface area contributed by atoms with Gasteiger partial charge < -0.3 is 21.7 Å². The highest BCUT2D eigenvalue weighted by Crippen LogP contribution is 2.34. The van der Waals surface area contributed by atoms with Gasteiger partial charge in [0.05, 0.1) is 17.8 Å². The van der Waals surface area contributed by atoms with Crippen LogP contribution in [-0.2, 0) is 0 Å². The van der Waals surface area contributed by atoms with Crippen molar-refractivity contribution in [2.24, 2.45) is 16.6 Å². The van der Waals surface area contributed by atoms with E-state index >= 15 is 0 Å². The summed E-state index contributed by atoms with van der Waals surface area (Å²) in [5.74, 6) is -0.680. The molecule has 0 spiro atoms. The molecule has 1 aliphatic heterocycles. The molecule has 7 N–H and O–H groups in total. The van der Waals surface area contributed by atoms with Gasteiger partial charge in [-0.1, -0.05) is 12.2 Å². The topological polar surface area (TPSA) is 151 Å². The highest BCUT2D eigenvalue weighted by molar-refractivity contribution is 5.80. The van der Waals surface area contributed by atoms with Crippen molar-refractivity contribution in [3.63, 3.8) is 0 Å². The average Bonchev–Trinajstić information content (AvgIpc) is 2.94. The number of rotatable bonds is 2. The van der Waals surface area contributed by atoms with E-state index in [1.807, 2.05) is 0 Å². The summed E-state index contributed by atoms with van der Waals surface area (Å²) >= 11 is 0. The van der Waals surface area contributed by atoms with E-state index in [-0.39, 0.29) is 17.3 Å². The van der Waals surface area contributed by atoms with Crippen LogP contribution in [0, 0.1) is 5.92 Å². The van der Waals surface area contributed by atoms with E-state index in [0.29, 0.717) is 5.56 Å². The van der Waals surface area contributed by atoms with Gasteiger partial charge in [-0.25, -0.2) is 4.99 Å². The lowest BCUT2D eigenvalue weighted by Crippen LogP contribution is -2.43. The van der Waals surface area contributed by atoms with E-state index in [1.165, 1.54) is 12.3 Å². The first-order valence-electron chi connectivity index (χ1n) is 6.23. The highest BCUT2D eigenvalue weighted by atomic mass is 16.3. The van der Waals surface area contributed by atoms with Crippen LogP contribution in [0.15, 0.2) is 21.9 Å². The Kier molecular flexibility index (Phi) is 2.93. The van der Waals surface area contributed by atoms with E-state index in [1.54, 1.807) is 6.08 Å². The molecule has 1 aromatic rings. The van der Waals surface area contributed by atoms with Crippen LogP contribution in [0.4, 0.5) is 11.8 Å². The van der Waals surface area contributed by atoms with Gasteiger partial charge in [-0.15, -0.1) is 0 Å². The molecule has 2 heterocycles. The van der Waals surface area contributed by atoms with Crippen molar-refractivity contribution >= 4 is 18.0 Å². The summed E-state index contributed by atoms with van der Waals surface area (Å²) in [5, 5.41) is 19.4. The van der Waals surface area contributed by atoms with Crippen LogP contribution in [0.25, 0.3) is 0 Å². The number of nitrogen functional groups attached to an aromatic ring is 1. The molecule has 8 heteroatoms. The van der Waals surface area contributed by atoms with Gasteiger partial charge in [0.25, 0.3) is 5.56 Å². The molecule has 1 aromatic heterocycles. The second-order valence-electron chi connectivity index (χ2n) is 5.01. The van der Waals surface area contributed by atoms with Gasteiger partial charge in [0.15, 0.2) is 5.82 Å². The van der Waals surface area contributed by atoms with Gasteiger partial charge in [0.2, 0.25) is 5.95 Å². The van der Waals surface area contributed by atoms with Crippen LogP contribution in [0.5, 0.6) is 0 Å². The number of aromatic amines is 1. The van der Waals surface area contributed by atoms with Gasteiger partial charge in [0, 0.05) is 24.1 Å². The number of aromatic nitrogens is 2. The number of hydrogen-bond acceptors (Lipinski definition) is 7. The molecule has 0 aromatic carbocycles. The third-order valence-electron chi connectivity index (χ3n) is 3.78. The molecule has 1 aliphatic carbocycles. The summed E-state index contributed by atoms with van der Waals surface area (Å²) in [6.07, 6.45) is 2.76. The van der Waals surface area contributed by atoms with Gasteiger partial charge in [-0.05, 0) is 0 Å². The molecule has 5 atom stereocenters. The molecule has 0 saturated heterocycles. The Morgan fingerprint density at radius 3 is 2.75 bits per heavy atom. The first-order valence-corrected chi connectivity index (χ1v) is 6.23. The predicted molar refractivity (Wildman–Crippen MR) is 72.8 cm³/mol. The molecular weight excluding hydrogens is 262 g/mol. The van der Waals surface area contributed by atoms with E-state index in [0.717, 1.165) is 0 Å². The number of nitrogens with two attached hydrogens (primary N) is 2. The molecule has 0 amide bonds. The Hall–Kier alpha value is -2.03. The smallest absolute Gasteiger partial charge is 0.258 e. The first-order chi connectivity index (χ1) is 9.49. The molecule has 0 radical (unpaired) electrons. The zero-order valence-corrected chi connectivity index (χ0v) is 10.5. The second-order valence-corrected chi connectivity index (χ2v) is 5.01. The number of hydrogen-bond donors (Lipinski definition) is 5. The molecule has 3 rings (SSSR count). The molecule has 0 saturated carbocycles. The van der Waals surface area contributed by atoms with Crippen molar-refractivity contribution in [2.75, 3.05) is 5.73 Å². The summed E-state index contributed by atoms with van der Waals surface area (Å²) in [6, 6.07) is -0.588. The van der Waals surface area contributed by atoms with Crippen molar-refractivity contribution in [3.05, 3.63) is 28.1 Å². The fourth-order valence-electron chi connectivity index (χ4n) is 2.70. The molecule has 0 fully saturated rings. The van der Waals surface area contributed by atoms with Crippen molar-refractivity contribution in [1.29, 1.82) is 0 Å². The molecule has 0 bridgehead atoms. The lowest BCUT2D eigenvalue weighted by Gasteiger charge is -2.26. The van der Waals surface area contributed by atoms with Crippen LogP contribution in [0.1, 0.15) is 11.5 Å². The van der Waals surface area contributed by atoms with E-state index < -0.39 is 30.1 Å². The standard InChI is InChI=1S/C12H15N5O3/c13-8(4-1-2-6(18)9(4)19)5-3-15-10-7(5)11(20)17-12(14)16-10/h1-6,8-9,18-19H,13H2,(H3,14,16,17,20). The summed E-state index contributed by atoms with van der Waals surface area (Å²) in [7, 11) is 0. The van der Waals surface area contributed by atoms with Crippen molar-refractivity contribution < 1.29 is 10.2 Å². The highest BCUT2D eigenvalue weighted by Gasteiger charge is 2.39. The molecule has 2 aliphatic rings. The van der Waals surface area contributed by atoms with Gasteiger partial charge in [-0.2, -0.15) is 4.98 Å². The Morgan fingerprint density at radius 2 is 2.10 bits per heavy atom. The number of nitrogens with one attached hydrogen (secondary N) is 1. The van der Waals surface area contributed by atoms with Crippen molar-refractivity contribution in [2.45, 2.75) is 24.2 Å². The van der Waals surface area contributed by atoms with Crippen LogP contribution < -0.4 is 17.0 Å². The summed E-state index contributed by atoms with van der Waals surface area (Å²) < 4.78 is 0. The summed E-state index contributed by atoms with van der Waals surface area (Å²) in [4.78, 5) is 22.4. The number of aliphatic hydroxyl groups excluding tert-OH is 2. The minimum absolute atomic E-state index is 0.00339. The maximum absolute atomic E-state index is 12.0. The third-order valence-corrected chi connectivity index (χ3v) is 3.78. The van der Waals surface area contributed by atoms with Crippen LogP contribution in [-0.4, -0.2) is 44.6 Å². The number of aliphatic hydroxyl groups is 2. The average molecular weight is 277 g/mol. The number of aliphatic imine (C=N–C) groups is 1. The SMILES string of the molecule is Nc1nc2c(c(=O)[nH]1)C(C(N)C1C=CC(O)C1O)C=N2. The largest absolute Gasteiger partial charge is 0.389 e. The summed E-state index contributed by atoms with van der Waals surface area (Å²) in [6.45, 7) is 0.